The molecule has 1 amide bonds. The minimum atomic E-state index is -0.529. The summed E-state index contributed by atoms with van der Waals surface area (Å²) in [5.74, 6) is 0.457. The number of ether oxygens (including phenoxy) is 3. The highest BCUT2D eigenvalue weighted by molar-refractivity contribution is 7.18. The largest absolute Gasteiger partial charge is 0.493 e. The van der Waals surface area contributed by atoms with Crippen LogP contribution in [-0.4, -0.2) is 51.7 Å². The SMILES string of the molecule is CCOC(=O)c1c(N)sc(C(=O)NC)c1CN(C)Cc1cccc(OC)c1OC. The normalized spacial score (nSPS) is 10.7. The van der Waals surface area contributed by atoms with Crippen molar-refractivity contribution in [3.63, 3.8) is 0 Å². The van der Waals surface area contributed by atoms with Crippen LogP contribution in [-0.2, 0) is 17.8 Å². The molecule has 2 aromatic rings. The molecule has 0 bridgehead atoms. The molecule has 0 aliphatic heterocycles. The van der Waals surface area contributed by atoms with Gasteiger partial charge >= 0.3 is 5.97 Å². The highest BCUT2D eigenvalue weighted by atomic mass is 32.1. The first-order chi connectivity index (χ1) is 13.9. The molecule has 0 atom stereocenters. The Bertz CT molecular complexity index is 881. The third-order valence-electron chi connectivity index (χ3n) is 4.30. The summed E-state index contributed by atoms with van der Waals surface area (Å²) in [6, 6.07) is 5.64. The molecule has 1 aromatic heterocycles. The molecule has 0 spiro atoms. The lowest BCUT2D eigenvalue weighted by Gasteiger charge is -2.20. The second-order valence-corrected chi connectivity index (χ2v) is 7.33. The summed E-state index contributed by atoms with van der Waals surface area (Å²) in [4.78, 5) is 27.2. The van der Waals surface area contributed by atoms with Gasteiger partial charge in [0.25, 0.3) is 5.91 Å². The molecular weight excluding hydrogens is 394 g/mol. The molecule has 0 radical (unpaired) electrons. The van der Waals surface area contributed by atoms with Crippen LogP contribution in [0.4, 0.5) is 5.00 Å². The predicted molar refractivity (Wildman–Crippen MR) is 113 cm³/mol. The van der Waals surface area contributed by atoms with Crippen molar-refractivity contribution in [3.05, 3.63) is 39.8 Å². The number of carbonyl (C=O) groups excluding carboxylic acids is 2. The summed E-state index contributed by atoms with van der Waals surface area (Å²) in [7, 11) is 6.59. The number of nitrogens with two attached hydrogens (primary N) is 1. The average Bonchev–Trinajstić information content (AvgIpc) is 3.02. The van der Waals surface area contributed by atoms with Crippen molar-refractivity contribution in [2.45, 2.75) is 20.0 Å². The Balaban J connectivity index is 2.37. The van der Waals surface area contributed by atoms with Gasteiger partial charge in [0.1, 0.15) is 5.00 Å². The van der Waals surface area contributed by atoms with Gasteiger partial charge in [-0.15, -0.1) is 11.3 Å². The van der Waals surface area contributed by atoms with Crippen molar-refractivity contribution in [3.8, 4) is 11.5 Å². The topological polar surface area (TPSA) is 103 Å². The molecule has 0 saturated heterocycles. The van der Waals surface area contributed by atoms with Gasteiger partial charge in [-0.2, -0.15) is 0 Å². The van der Waals surface area contributed by atoms with Crippen LogP contribution < -0.4 is 20.5 Å². The number of rotatable bonds is 9. The zero-order valence-corrected chi connectivity index (χ0v) is 18.1. The molecule has 0 fully saturated rings. The van der Waals surface area contributed by atoms with Crippen LogP contribution in [0.2, 0.25) is 0 Å². The molecule has 0 aliphatic carbocycles. The number of anilines is 1. The van der Waals surface area contributed by atoms with E-state index in [4.69, 9.17) is 19.9 Å². The van der Waals surface area contributed by atoms with Crippen LogP contribution in [0.3, 0.4) is 0 Å². The monoisotopic (exact) mass is 421 g/mol. The fourth-order valence-corrected chi connectivity index (χ4v) is 4.07. The number of nitrogens with one attached hydrogen (secondary N) is 1. The van der Waals surface area contributed by atoms with Gasteiger partial charge in [0.2, 0.25) is 0 Å². The van der Waals surface area contributed by atoms with Crippen LogP contribution in [0.1, 0.15) is 38.1 Å². The van der Waals surface area contributed by atoms with E-state index in [1.54, 1.807) is 21.1 Å². The molecule has 2 rings (SSSR count). The predicted octanol–water partition coefficient (Wildman–Crippen LogP) is 2.52. The van der Waals surface area contributed by atoms with E-state index in [0.29, 0.717) is 35.0 Å². The summed E-state index contributed by atoms with van der Waals surface area (Å²) in [6.45, 7) is 2.78. The number of para-hydroxylation sites is 1. The van der Waals surface area contributed by atoms with Crippen molar-refractivity contribution in [2.75, 3.05) is 40.7 Å². The highest BCUT2D eigenvalue weighted by Crippen LogP contribution is 2.34. The van der Waals surface area contributed by atoms with Crippen molar-refractivity contribution in [1.82, 2.24) is 10.2 Å². The average molecular weight is 422 g/mol. The molecule has 1 heterocycles. The van der Waals surface area contributed by atoms with Crippen molar-refractivity contribution >= 4 is 28.2 Å². The van der Waals surface area contributed by atoms with E-state index in [2.05, 4.69) is 5.32 Å². The van der Waals surface area contributed by atoms with Gasteiger partial charge in [-0.1, -0.05) is 12.1 Å². The van der Waals surface area contributed by atoms with E-state index in [1.807, 2.05) is 30.1 Å². The number of hydrogen-bond acceptors (Lipinski definition) is 8. The molecule has 8 nitrogen and oxygen atoms in total. The number of carbonyl (C=O) groups is 2. The molecular formula is C20H27N3O5S. The Hall–Kier alpha value is -2.78. The maximum atomic E-state index is 12.5. The van der Waals surface area contributed by atoms with E-state index in [-0.39, 0.29) is 23.1 Å². The maximum absolute atomic E-state index is 12.5. The van der Waals surface area contributed by atoms with Gasteiger partial charge in [0.15, 0.2) is 11.5 Å². The lowest BCUT2D eigenvalue weighted by molar-refractivity contribution is 0.0526. The van der Waals surface area contributed by atoms with Crippen LogP contribution >= 0.6 is 11.3 Å². The molecule has 158 valence electrons. The van der Waals surface area contributed by atoms with Gasteiger partial charge in [-0.25, -0.2) is 4.79 Å². The first-order valence-electron chi connectivity index (χ1n) is 9.06. The molecule has 9 heteroatoms. The molecule has 29 heavy (non-hydrogen) atoms. The van der Waals surface area contributed by atoms with Crippen LogP contribution in [0, 0.1) is 0 Å². The summed E-state index contributed by atoms with van der Waals surface area (Å²) < 4.78 is 16.0. The van der Waals surface area contributed by atoms with Crippen molar-refractivity contribution in [2.24, 2.45) is 0 Å². The third kappa shape index (κ3) is 4.99. The number of nitrogen functional groups attached to an aromatic ring is 1. The Labute approximate surface area is 174 Å². The number of nitrogens with zero attached hydrogens (tertiary/aromatic N) is 1. The lowest BCUT2D eigenvalue weighted by atomic mass is 10.1. The standard InChI is InChI=1S/C20H27N3O5S/c1-6-28-20(25)15-13(17(19(24)22-2)29-18(15)21)11-23(3)10-12-8-7-9-14(26-4)16(12)27-5/h7-9H,6,10-11,21H2,1-5H3,(H,22,24). The van der Waals surface area contributed by atoms with Gasteiger partial charge in [0.05, 0.1) is 31.3 Å². The minimum Gasteiger partial charge on any atom is -0.493 e. The quantitative estimate of drug-likeness (QED) is 0.600. The Morgan fingerprint density at radius 2 is 1.93 bits per heavy atom. The molecule has 0 aliphatic rings. The second-order valence-electron chi connectivity index (χ2n) is 6.27. The number of benzene rings is 1. The van der Waals surface area contributed by atoms with Gasteiger partial charge < -0.3 is 25.3 Å². The first kappa shape index (κ1) is 22.5. The number of amides is 1. The van der Waals surface area contributed by atoms with Crippen LogP contribution in [0.25, 0.3) is 0 Å². The molecule has 3 N–H and O–H groups in total. The third-order valence-corrected chi connectivity index (χ3v) is 5.36. The maximum Gasteiger partial charge on any atom is 0.341 e. The number of esters is 1. The molecule has 0 unspecified atom stereocenters. The van der Waals surface area contributed by atoms with Crippen LogP contribution in [0.15, 0.2) is 18.2 Å². The minimum absolute atomic E-state index is 0.222. The molecule has 0 saturated carbocycles. The number of methoxy groups -OCH3 is 2. The van der Waals surface area contributed by atoms with Gasteiger partial charge in [-0.05, 0) is 20.0 Å². The summed E-state index contributed by atoms with van der Waals surface area (Å²) in [5.41, 5.74) is 7.77. The Kier molecular flexibility index (Phi) is 7.86. The smallest absolute Gasteiger partial charge is 0.341 e. The zero-order chi connectivity index (χ0) is 21.6. The van der Waals surface area contributed by atoms with E-state index in [9.17, 15) is 9.59 Å². The van der Waals surface area contributed by atoms with Gasteiger partial charge in [0, 0.05) is 31.3 Å². The van der Waals surface area contributed by atoms with Crippen LogP contribution in [0.5, 0.6) is 11.5 Å². The van der Waals surface area contributed by atoms with Crippen molar-refractivity contribution in [1.29, 1.82) is 0 Å². The summed E-state index contributed by atoms with van der Waals surface area (Å²) in [6.07, 6.45) is 0. The second kappa shape index (κ2) is 10.1. The molecule has 1 aromatic carbocycles. The van der Waals surface area contributed by atoms with E-state index >= 15 is 0 Å². The van der Waals surface area contributed by atoms with Gasteiger partial charge in [-0.3, -0.25) is 9.69 Å². The van der Waals surface area contributed by atoms with E-state index < -0.39 is 5.97 Å². The highest BCUT2D eigenvalue weighted by Gasteiger charge is 2.27. The van der Waals surface area contributed by atoms with Crippen molar-refractivity contribution < 1.29 is 23.8 Å². The Morgan fingerprint density at radius 1 is 1.21 bits per heavy atom. The summed E-state index contributed by atoms with van der Waals surface area (Å²) in [5, 5.41) is 2.87. The summed E-state index contributed by atoms with van der Waals surface area (Å²) >= 11 is 1.08. The fourth-order valence-electron chi connectivity index (χ4n) is 3.05. The lowest BCUT2D eigenvalue weighted by Crippen LogP contribution is -2.24. The fraction of sp³-hybridized carbons (Fsp3) is 0.400. The number of hydrogen-bond donors (Lipinski definition) is 2. The zero-order valence-electron chi connectivity index (χ0n) is 17.3. The number of thiophene rings is 1. The Morgan fingerprint density at radius 3 is 2.52 bits per heavy atom. The first-order valence-corrected chi connectivity index (χ1v) is 9.88. The van der Waals surface area contributed by atoms with E-state index in [1.165, 1.54) is 7.05 Å². The van der Waals surface area contributed by atoms with E-state index in [0.717, 1.165) is 16.9 Å².